The van der Waals surface area contributed by atoms with Crippen molar-refractivity contribution in [3.8, 4) is 17.2 Å². The fourth-order valence-electron chi connectivity index (χ4n) is 2.35. The van der Waals surface area contributed by atoms with Gasteiger partial charge in [0, 0.05) is 25.7 Å². The van der Waals surface area contributed by atoms with Crippen molar-refractivity contribution in [2.75, 3.05) is 21.2 Å². The van der Waals surface area contributed by atoms with Crippen LogP contribution in [0.4, 0.5) is 4.79 Å². The Kier molecular flexibility index (Phi) is 4.42. The molecule has 1 aliphatic heterocycles. The van der Waals surface area contributed by atoms with Crippen molar-refractivity contribution in [3.63, 3.8) is 0 Å². The van der Waals surface area contributed by atoms with Crippen LogP contribution >= 0.6 is 0 Å². The van der Waals surface area contributed by atoms with Gasteiger partial charge in [-0.2, -0.15) is 0 Å². The number of benzene rings is 2. The molecule has 24 heavy (non-hydrogen) atoms. The maximum absolute atomic E-state index is 11.7. The monoisotopic (exact) mass is 325 g/mol. The fourth-order valence-corrected chi connectivity index (χ4v) is 2.35. The molecule has 1 amide bonds. The van der Waals surface area contributed by atoms with Crippen LogP contribution in [0.5, 0.6) is 17.2 Å². The molecule has 0 aromatic heterocycles. The Hall–Kier alpha value is -2.95. The van der Waals surface area contributed by atoms with Gasteiger partial charge in [0.25, 0.3) is 0 Å². The average molecular weight is 325 g/mol. The highest BCUT2D eigenvalue weighted by atomic mass is 16.6. The Morgan fingerprint density at radius 3 is 2.46 bits per heavy atom. The highest BCUT2D eigenvalue weighted by Crippen LogP contribution is 2.35. The summed E-state index contributed by atoms with van der Waals surface area (Å²) in [6, 6.07) is 13.1. The van der Waals surface area contributed by atoms with Gasteiger partial charge >= 0.3 is 6.09 Å². The summed E-state index contributed by atoms with van der Waals surface area (Å²) < 4.78 is 16.5. The van der Waals surface area contributed by atoms with Gasteiger partial charge in [-0.25, -0.2) is 4.79 Å². The van der Waals surface area contributed by atoms with Crippen molar-refractivity contribution < 1.29 is 19.0 Å². The van der Waals surface area contributed by atoms with Crippen molar-refractivity contribution in [3.05, 3.63) is 59.7 Å². The first kappa shape index (κ1) is 15.9. The molecule has 1 atom stereocenters. The zero-order valence-corrected chi connectivity index (χ0v) is 13.9. The molecule has 0 bridgehead atoms. The molecule has 1 aliphatic rings. The fraction of sp³-hybridized carbons (Fsp3) is 0.211. The van der Waals surface area contributed by atoms with Crippen LogP contribution in [0.3, 0.4) is 0 Å². The predicted octanol–water partition coefficient (Wildman–Crippen LogP) is 3.90. The lowest BCUT2D eigenvalue weighted by atomic mass is 10.0. The largest absolute Gasteiger partial charge is 0.497 e. The van der Waals surface area contributed by atoms with E-state index in [1.54, 1.807) is 33.3 Å². The van der Waals surface area contributed by atoms with Gasteiger partial charge in [0.2, 0.25) is 0 Å². The number of fused-ring (bicyclic) bond motifs is 1. The van der Waals surface area contributed by atoms with Gasteiger partial charge in [0.15, 0.2) is 0 Å². The molecule has 0 aliphatic carbocycles. The number of hydrogen-bond donors (Lipinski definition) is 0. The number of carbonyl (C=O) groups is 1. The van der Waals surface area contributed by atoms with E-state index < -0.39 is 6.09 Å². The quantitative estimate of drug-likeness (QED) is 0.858. The minimum atomic E-state index is -0.423. The summed E-state index contributed by atoms with van der Waals surface area (Å²) >= 11 is 0. The molecule has 0 N–H and O–H groups in total. The Morgan fingerprint density at radius 1 is 1.08 bits per heavy atom. The van der Waals surface area contributed by atoms with Gasteiger partial charge in [-0.15, -0.1) is 0 Å². The number of ether oxygens (including phenoxy) is 3. The molecule has 0 unspecified atom stereocenters. The topological polar surface area (TPSA) is 48.0 Å². The first-order valence-corrected chi connectivity index (χ1v) is 7.59. The van der Waals surface area contributed by atoms with Crippen LogP contribution in [0.15, 0.2) is 48.5 Å². The summed E-state index contributed by atoms with van der Waals surface area (Å²) in [6.07, 6.45) is 3.39. The predicted molar refractivity (Wildman–Crippen MR) is 91.6 cm³/mol. The lowest BCUT2D eigenvalue weighted by Crippen LogP contribution is -2.25. The van der Waals surface area contributed by atoms with Crippen molar-refractivity contribution in [2.45, 2.75) is 6.10 Å². The lowest BCUT2D eigenvalue weighted by Gasteiger charge is -2.22. The van der Waals surface area contributed by atoms with E-state index in [1.165, 1.54) is 4.90 Å². The summed E-state index contributed by atoms with van der Waals surface area (Å²) in [5, 5.41) is 0. The molecular formula is C19H19NO4. The van der Waals surface area contributed by atoms with E-state index in [1.807, 2.05) is 42.5 Å². The first-order valence-electron chi connectivity index (χ1n) is 7.59. The standard InChI is InChI=1S/C19H19NO4/c1-20(2)19(21)23-16-10-6-14-7-11-17(24-18(14)12-16)13-4-8-15(22-3)9-5-13/h4-12,17H,1-3H3/t17-/m1/s1. The Labute approximate surface area is 141 Å². The molecule has 0 fully saturated rings. The van der Waals surface area contributed by atoms with Crippen LogP contribution in [0.25, 0.3) is 6.08 Å². The summed E-state index contributed by atoms with van der Waals surface area (Å²) in [4.78, 5) is 13.0. The molecule has 5 nitrogen and oxygen atoms in total. The number of rotatable bonds is 3. The molecule has 0 radical (unpaired) electrons. The SMILES string of the molecule is COc1ccc([C@H]2C=Cc3ccc(OC(=O)N(C)C)cc3O2)cc1. The third-order valence-electron chi connectivity index (χ3n) is 3.70. The number of methoxy groups -OCH3 is 1. The Balaban J connectivity index is 1.79. The van der Waals surface area contributed by atoms with Gasteiger partial charge in [-0.1, -0.05) is 18.2 Å². The van der Waals surface area contributed by atoms with E-state index in [2.05, 4.69) is 0 Å². The molecule has 2 aromatic carbocycles. The van der Waals surface area contributed by atoms with Gasteiger partial charge in [-0.3, -0.25) is 0 Å². The van der Waals surface area contributed by atoms with E-state index in [0.29, 0.717) is 11.5 Å². The van der Waals surface area contributed by atoms with Crippen LogP contribution in [0, 0.1) is 0 Å². The highest BCUT2D eigenvalue weighted by Gasteiger charge is 2.18. The number of amides is 1. The van der Waals surface area contributed by atoms with Gasteiger partial charge < -0.3 is 19.1 Å². The van der Waals surface area contributed by atoms with E-state index in [-0.39, 0.29) is 6.10 Å². The second-order valence-electron chi connectivity index (χ2n) is 5.63. The minimum Gasteiger partial charge on any atom is -0.497 e. The maximum Gasteiger partial charge on any atom is 0.414 e. The summed E-state index contributed by atoms with van der Waals surface area (Å²) in [5.74, 6) is 1.94. The zero-order chi connectivity index (χ0) is 17.1. The summed E-state index contributed by atoms with van der Waals surface area (Å²) in [7, 11) is 4.91. The normalized spacial score (nSPS) is 15.2. The second kappa shape index (κ2) is 6.66. The molecule has 0 saturated carbocycles. The number of hydrogen-bond acceptors (Lipinski definition) is 4. The van der Waals surface area contributed by atoms with Crippen LogP contribution in [-0.4, -0.2) is 32.2 Å². The van der Waals surface area contributed by atoms with Gasteiger partial charge in [0.05, 0.1) is 7.11 Å². The van der Waals surface area contributed by atoms with Crippen LogP contribution in [-0.2, 0) is 0 Å². The third-order valence-corrected chi connectivity index (χ3v) is 3.70. The first-order chi connectivity index (χ1) is 11.6. The molecular weight excluding hydrogens is 306 g/mol. The Bertz CT molecular complexity index is 765. The van der Waals surface area contributed by atoms with E-state index in [9.17, 15) is 4.79 Å². The van der Waals surface area contributed by atoms with Crippen molar-refractivity contribution in [1.29, 1.82) is 0 Å². The average Bonchev–Trinajstić information content (AvgIpc) is 2.61. The third kappa shape index (κ3) is 3.35. The van der Waals surface area contributed by atoms with Crippen molar-refractivity contribution in [1.82, 2.24) is 4.90 Å². The van der Waals surface area contributed by atoms with Gasteiger partial charge in [-0.05, 0) is 35.9 Å². The van der Waals surface area contributed by atoms with Crippen molar-refractivity contribution in [2.24, 2.45) is 0 Å². The minimum absolute atomic E-state index is 0.191. The molecule has 124 valence electrons. The number of carbonyl (C=O) groups excluding carboxylic acids is 1. The van der Waals surface area contributed by atoms with Gasteiger partial charge in [0.1, 0.15) is 23.4 Å². The van der Waals surface area contributed by atoms with Crippen molar-refractivity contribution >= 4 is 12.2 Å². The molecule has 0 saturated heterocycles. The van der Waals surface area contributed by atoms with E-state index in [4.69, 9.17) is 14.2 Å². The Morgan fingerprint density at radius 2 is 1.79 bits per heavy atom. The lowest BCUT2D eigenvalue weighted by molar-refractivity contribution is 0.171. The van der Waals surface area contributed by atoms with Crippen LogP contribution in [0.2, 0.25) is 0 Å². The molecule has 0 spiro atoms. The highest BCUT2D eigenvalue weighted by molar-refractivity contribution is 5.71. The summed E-state index contributed by atoms with van der Waals surface area (Å²) in [5.41, 5.74) is 1.97. The van der Waals surface area contributed by atoms with E-state index >= 15 is 0 Å². The van der Waals surface area contributed by atoms with E-state index in [0.717, 1.165) is 16.9 Å². The molecule has 5 heteroatoms. The molecule has 3 rings (SSSR count). The zero-order valence-electron chi connectivity index (χ0n) is 13.9. The molecule has 2 aromatic rings. The smallest absolute Gasteiger partial charge is 0.414 e. The second-order valence-corrected chi connectivity index (χ2v) is 5.63. The summed E-state index contributed by atoms with van der Waals surface area (Å²) in [6.45, 7) is 0. The molecule has 1 heterocycles. The van der Waals surface area contributed by atoms with Crippen LogP contribution < -0.4 is 14.2 Å². The number of nitrogens with zero attached hydrogens (tertiary/aromatic N) is 1. The van der Waals surface area contributed by atoms with Crippen LogP contribution in [0.1, 0.15) is 17.2 Å². The maximum atomic E-state index is 11.7.